The normalized spacial score (nSPS) is 23.2. The highest BCUT2D eigenvalue weighted by atomic mass is 32.2. The molecule has 0 aromatic carbocycles. The Morgan fingerprint density at radius 3 is 3.22 bits per heavy atom. The topological polar surface area (TPSA) is 68.2 Å². The van der Waals surface area contributed by atoms with E-state index >= 15 is 0 Å². The summed E-state index contributed by atoms with van der Waals surface area (Å²) in [4.78, 5) is 6.75. The number of aromatic nitrogens is 2. The molecule has 0 radical (unpaired) electrons. The van der Waals surface area contributed by atoms with Crippen molar-refractivity contribution in [2.45, 2.75) is 18.5 Å². The first-order valence-corrected chi connectivity index (χ1v) is 8.63. The Morgan fingerprint density at radius 1 is 1.67 bits per heavy atom. The lowest BCUT2D eigenvalue weighted by Crippen LogP contribution is -2.33. The van der Waals surface area contributed by atoms with Crippen LogP contribution in [0.15, 0.2) is 4.52 Å². The van der Waals surface area contributed by atoms with Crippen LogP contribution in [0, 0.1) is 0 Å². The number of hydrogen-bond acceptors (Lipinski definition) is 7. The van der Waals surface area contributed by atoms with Gasteiger partial charge in [-0.05, 0) is 25.5 Å². The Morgan fingerprint density at radius 2 is 2.50 bits per heavy atom. The molecule has 7 heteroatoms. The van der Waals surface area contributed by atoms with Crippen molar-refractivity contribution in [3.63, 3.8) is 0 Å². The fourth-order valence-corrected chi connectivity index (χ4v) is 3.56. The molecular formula is C11H20N4OS2. The van der Waals surface area contributed by atoms with Gasteiger partial charge >= 0.3 is 0 Å². The van der Waals surface area contributed by atoms with Gasteiger partial charge in [0.05, 0.1) is 12.1 Å². The van der Waals surface area contributed by atoms with Gasteiger partial charge in [0.2, 0.25) is 5.89 Å². The summed E-state index contributed by atoms with van der Waals surface area (Å²) < 4.78 is 5.29. The SMILES string of the molecule is CSCCC(N)c1nc(C2CSCCN2C)no1. The maximum absolute atomic E-state index is 6.03. The highest BCUT2D eigenvalue weighted by Crippen LogP contribution is 2.27. The number of nitrogens with zero attached hydrogens (tertiary/aromatic N) is 3. The van der Waals surface area contributed by atoms with Crippen molar-refractivity contribution >= 4 is 23.5 Å². The minimum absolute atomic E-state index is 0.139. The third-order valence-electron chi connectivity index (χ3n) is 3.10. The van der Waals surface area contributed by atoms with Crippen molar-refractivity contribution < 1.29 is 4.52 Å². The lowest BCUT2D eigenvalue weighted by atomic mass is 10.2. The fourth-order valence-electron chi connectivity index (χ4n) is 1.86. The number of hydrogen-bond donors (Lipinski definition) is 1. The fraction of sp³-hybridized carbons (Fsp3) is 0.818. The second-order valence-electron chi connectivity index (χ2n) is 4.45. The van der Waals surface area contributed by atoms with E-state index in [4.69, 9.17) is 10.3 Å². The molecule has 2 rings (SSSR count). The molecule has 0 bridgehead atoms. The third kappa shape index (κ3) is 3.40. The average molecular weight is 288 g/mol. The van der Waals surface area contributed by atoms with Gasteiger partial charge in [-0.25, -0.2) is 0 Å². The molecule has 102 valence electrons. The lowest BCUT2D eigenvalue weighted by molar-refractivity contribution is 0.256. The van der Waals surface area contributed by atoms with Crippen LogP contribution in [0.3, 0.4) is 0 Å². The minimum atomic E-state index is -0.139. The predicted octanol–water partition coefficient (Wildman–Crippen LogP) is 1.54. The molecule has 18 heavy (non-hydrogen) atoms. The molecule has 0 saturated carbocycles. The molecule has 0 amide bonds. The first kappa shape index (κ1) is 14.2. The van der Waals surface area contributed by atoms with Gasteiger partial charge in [-0.15, -0.1) is 0 Å². The summed E-state index contributed by atoms with van der Waals surface area (Å²) in [6.07, 6.45) is 2.94. The van der Waals surface area contributed by atoms with E-state index in [9.17, 15) is 0 Å². The molecular weight excluding hydrogens is 268 g/mol. The maximum Gasteiger partial charge on any atom is 0.243 e. The van der Waals surface area contributed by atoms with Crippen LogP contribution in [0.2, 0.25) is 0 Å². The Balaban J connectivity index is 2.00. The van der Waals surface area contributed by atoms with Gasteiger partial charge in [0.25, 0.3) is 0 Å². The molecule has 1 aromatic heterocycles. The molecule has 2 atom stereocenters. The summed E-state index contributed by atoms with van der Waals surface area (Å²) in [6, 6.07) is 0.120. The molecule has 2 heterocycles. The molecule has 1 aliphatic heterocycles. The second kappa shape index (κ2) is 6.79. The Bertz CT molecular complexity index is 374. The van der Waals surface area contributed by atoms with Crippen molar-refractivity contribution in [3.05, 3.63) is 11.7 Å². The third-order valence-corrected chi connectivity index (χ3v) is 4.77. The molecule has 5 nitrogen and oxygen atoms in total. The molecule has 0 spiro atoms. The van der Waals surface area contributed by atoms with Crippen LogP contribution in [0.5, 0.6) is 0 Å². The predicted molar refractivity (Wildman–Crippen MR) is 76.9 cm³/mol. The first-order valence-electron chi connectivity index (χ1n) is 6.08. The van der Waals surface area contributed by atoms with E-state index in [0.717, 1.165) is 30.3 Å². The van der Waals surface area contributed by atoms with Crippen molar-refractivity contribution in [1.82, 2.24) is 15.0 Å². The average Bonchev–Trinajstić information content (AvgIpc) is 2.86. The zero-order chi connectivity index (χ0) is 13.0. The van der Waals surface area contributed by atoms with Gasteiger partial charge in [0.15, 0.2) is 5.82 Å². The van der Waals surface area contributed by atoms with Crippen LogP contribution in [0.1, 0.15) is 30.2 Å². The highest BCUT2D eigenvalue weighted by molar-refractivity contribution is 7.99. The van der Waals surface area contributed by atoms with Crippen molar-refractivity contribution in [1.29, 1.82) is 0 Å². The summed E-state index contributed by atoms with van der Waals surface area (Å²) in [7, 11) is 2.11. The monoisotopic (exact) mass is 288 g/mol. The van der Waals surface area contributed by atoms with E-state index < -0.39 is 0 Å². The Hall–Kier alpha value is -0.240. The van der Waals surface area contributed by atoms with E-state index in [2.05, 4.69) is 28.3 Å². The van der Waals surface area contributed by atoms with E-state index in [0.29, 0.717) is 5.89 Å². The largest absolute Gasteiger partial charge is 0.338 e. The van der Waals surface area contributed by atoms with E-state index in [1.165, 1.54) is 5.75 Å². The van der Waals surface area contributed by atoms with Crippen LogP contribution in [-0.2, 0) is 0 Å². The van der Waals surface area contributed by atoms with E-state index in [1.54, 1.807) is 11.8 Å². The molecule has 1 aromatic rings. The van der Waals surface area contributed by atoms with Gasteiger partial charge in [-0.2, -0.15) is 28.5 Å². The standard InChI is InChI=1S/C11H20N4OS2/c1-15-4-6-18-7-9(15)10-13-11(16-14-10)8(12)3-5-17-2/h8-9H,3-7,12H2,1-2H3. The Kier molecular flexibility index (Phi) is 5.35. The number of nitrogens with two attached hydrogens (primary N) is 1. The van der Waals surface area contributed by atoms with Gasteiger partial charge < -0.3 is 10.3 Å². The van der Waals surface area contributed by atoms with Crippen molar-refractivity contribution in [2.24, 2.45) is 5.73 Å². The summed E-state index contributed by atoms with van der Waals surface area (Å²) >= 11 is 3.71. The second-order valence-corrected chi connectivity index (χ2v) is 6.59. The number of thioether (sulfide) groups is 2. The van der Waals surface area contributed by atoms with Gasteiger partial charge in [0, 0.05) is 18.1 Å². The summed E-state index contributed by atoms with van der Waals surface area (Å²) in [5.74, 6) is 4.56. The van der Waals surface area contributed by atoms with Crippen LogP contribution < -0.4 is 5.73 Å². The van der Waals surface area contributed by atoms with Gasteiger partial charge in [-0.1, -0.05) is 5.16 Å². The molecule has 0 aliphatic carbocycles. The maximum atomic E-state index is 6.03. The van der Waals surface area contributed by atoms with Gasteiger partial charge in [0.1, 0.15) is 0 Å². The molecule has 1 fully saturated rings. The van der Waals surface area contributed by atoms with E-state index in [1.807, 2.05) is 11.8 Å². The zero-order valence-electron chi connectivity index (χ0n) is 10.8. The van der Waals surface area contributed by atoms with Crippen LogP contribution in [0.25, 0.3) is 0 Å². The van der Waals surface area contributed by atoms with Crippen LogP contribution in [0.4, 0.5) is 0 Å². The Labute approximate surface area is 116 Å². The summed E-state index contributed by atoms with van der Waals surface area (Å²) in [5.41, 5.74) is 6.03. The molecule has 1 aliphatic rings. The van der Waals surface area contributed by atoms with Crippen molar-refractivity contribution in [2.75, 3.05) is 37.1 Å². The lowest BCUT2D eigenvalue weighted by Gasteiger charge is -2.29. The van der Waals surface area contributed by atoms with Crippen molar-refractivity contribution in [3.8, 4) is 0 Å². The molecule has 2 unspecified atom stereocenters. The van der Waals surface area contributed by atoms with E-state index in [-0.39, 0.29) is 12.1 Å². The van der Waals surface area contributed by atoms with Crippen LogP contribution >= 0.6 is 23.5 Å². The van der Waals surface area contributed by atoms with Crippen LogP contribution in [-0.4, -0.2) is 52.1 Å². The highest BCUT2D eigenvalue weighted by Gasteiger charge is 2.26. The smallest absolute Gasteiger partial charge is 0.243 e. The minimum Gasteiger partial charge on any atom is -0.338 e. The zero-order valence-corrected chi connectivity index (χ0v) is 12.5. The molecule has 2 N–H and O–H groups in total. The summed E-state index contributed by atoms with van der Waals surface area (Å²) in [6.45, 7) is 1.07. The molecule has 1 saturated heterocycles. The first-order chi connectivity index (χ1) is 8.72. The van der Waals surface area contributed by atoms with Gasteiger partial charge in [-0.3, -0.25) is 4.90 Å². The summed E-state index contributed by atoms with van der Waals surface area (Å²) in [5, 5.41) is 4.09. The quantitative estimate of drug-likeness (QED) is 0.881. The number of rotatable bonds is 5.